The molecule has 2 heterocycles. The van der Waals surface area contributed by atoms with Gasteiger partial charge in [-0.3, -0.25) is 4.79 Å². The molecule has 0 bridgehead atoms. The molecule has 0 aliphatic carbocycles. The number of nitrogens with one attached hydrogen (secondary N) is 3. The van der Waals surface area contributed by atoms with Crippen LogP contribution in [-0.4, -0.2) is 29.2 Å². The van der Waals surface area contributed by atoms with Gasteiger partial charge in [-0.05, 0) is 35.9 Å². The zero-order valence-corrected chi connectivity index (χ0v) is 14.2. The van der Waals surface area contributed by atoms with Crippen molar-refractivity contribution in [2.75, 3.05) is 7.11 Å². The maximum absolute atomic E-state index is 12.4. The lowest BCUT2D eigenvalue weighted by molar-refractivity contribution is 0.0946. The van der Waals surface area contributed by atoms with Gasteiger partial charge in [-0.2, -0.15) is 0 Å². The molecule has 0 spiro atoms. The van der Waals surface area contributed by atoms with E-state index in [1.54, 1.807) is 19.2 Å². The van der Waals surface area contributed by atoms with Crippen LogP contribution >= 0.6 is 0 Å². The van der Waals surface area contributed by atoms with Gasteiger partial charge in [-0.25, -0.2) is 4.98 Å². The molecule has 3 aromatic rings. The van der Waals surface area contributed by atoms with E-state index >= 15 is 0 Å². The van der Waals surface area contributed by atoms with Gasteiger partial charge in [0.1, 0.15) is 17.1 Å². The summed E-state index contributed by atoms with van der Waals surface area (Å²) in [5.41, 5.74) is 8.49. The van der Waals surface area contributed by atoms with Gasteiger partial charge in [0.05, 0.1) is 12.8 Å². The summed E-state index contributed by atoms with van der Waals surface area (Å²) in [6.45, 7) is 0.387. The molecular formula is C19H19N5O2. The molecule has 7 heteroatoms. The smallest absolute Gasteiger partial charge is 0.268 e. The molecule has 0 aliphatic heterocycles. The van der Waals surface area contributed by atoms with Crippen LogP contribution in [0.3, 0.4) is 0 Å². The van der Waals surface area contributed by atoms with Crippen LogP contribution in [0.4, 0.5) is 0 Å². The highest BCUT2D eigenvalue weighted by Crippen LogP contribution is 2.18. The van der Waals surface area contributed by atoms with Crippen molar-refractivity contribution in [3.8, 4) is 5.75 Å². The molecular weight excluding hydrogens is 330 g/mol. The second-order valence-electron chi connectivity index (χ2n) is 5.62. The van der Waals surface area contributed by atoms with Gasteiger partial charge in [-0.1, -0.05) is 12.1 Å². The molecule has 7 nitrogen and oxygen atoms in total. The molecule has 0 fully saturated rings. The molecule has 0 aliphatic rings. The summed E-state index contributed by atoms with van der Waals surface area (Å²) in [5.74, 6) is 0.517. The normalized spacial score (nSPS) is 11.3. The summed E-state index contributed by atoms with van der Waals surface area (Å²) in [5, 5.41) is 11.0. The minimum atomic E-state index is -0.228. The number of hydrogen-bond donors (Lipinski definition) is 4. The Balaban J connectivity index is 1.76. The van der Waals surface area contributed by atoms with Crippen LogP contribution in [0.5, 0.6) is 5.75 Å². The van der Waals surface area contributed by atoms with Crippen LogP contribution in [0.2, 0.25) is 0 Å². The van der Waals surface area contributed by atoms with Crippen LogP contribution in [-0.2, 0) is 6.54 Å². The molecule has 1 amide bonds. The number of aromatic amines is 1. The number of ether oxygens (including phenoxy) is 1. The standard InChI is InChI=1S/C19H19N5O2/c1-26-15-4-2-3-12(7-15)11-22-19(25)17-8-13-5-6-16(14(9-20)10-21)23-18(13)24-17/h2-10,20H,11,21H2,1H3,(H,22,25)(H,23,24)/b14-10+,20-9?. The number of methoxy groups -OCH3 is 1. The number of carbonyl (C=O) groups excluding carboxylic acids is 1. The molecule has 5 N–H and O–H groups in total. The van der Waals surface area contributed by atoms with Gasteiger partial charge in [0.2, 0.25) is 0 Å². The molecule has 0 radical (unpaired) electrons. The van der Waals surface area contributed by atoms with E-state index in [2.05, 4.69) is 15.3 Å². The van der Waals surface area contributed by atoms with E-state index in [0.717, 1.165) is 22.9 Å². The quantitative estimate of drug-likeness (QED) is 0.511. The van der Waals surface area contributed by atoms with Gasteiger partial charge >= 0.3 is 0 Å². The first-order valence-corrected chi connectivity index (χ1v) is 7.98. The Labute approximate surface area is 150 Å². The summed E-state index contributed by atoms with van der Waals surface area (Å²) in [6.07, 6.45) is 2.46. The summed E-state index contributed by atoms with van der Waals surface area (Å²) in [4.78, 5) is 19.8. The molecule has 2 aromatic heterocycles. The summed E-state index contributed by atoms with van der Waals surface area (Å²) in [6, 6.07) is 12.9. The third kappa shape index (κ3) is 3.56. The third-order valence-corrected chi connectivity index (χ3v) is 3.94. The number of aromatic nitrogens is 2. The van der Waals surface area contributed by atoms with Crippen molar-refractivity contribution in [3.05, 3.63) is 65.6 Å². The topological polar surface area (TPSA) is 117 Å². The summed E-state index contributed by atoms with van der Waals surface area (Å²) in [7, 11) is 1.60. The first kappa shape index (κ1) is 17.2. The number of amides is 1. The van der Waals surface area contributed by atoms with Crippen LogP contribution < -0.4 is 15.8 Å². The first-order valence-electron chi connectivity index (χ1n) is 7.98. The number of allylic oxidation sites excluding steroid dienone is 1. The SMILES string of the molecule is COc1cccc(CNC(=O)c2cc3ccc(/C(C=N)=C/N)nc3[nH]2)c1. The van der Waals surface area contributed by atoms with Crippen LogP contribution in [0.25, 0.3) is 16.6 Å². The Morgan fingerprint density at radius 2 is 2.19 bits per heavy atom. The molecule has 3 rings (SSSR count). The Kier molecular flexibility index (Phi) is 4.98. The predicted molar refractivity (Wildman–Crippen MR) is 101 cm³/mol. The number of hydrogen-bond acceptors (Lipinski definition) is 5. The van der Waals surface area contributed by atoms with E-state index in [1.165, 1.54) is 6.20 Å². The minimum Gasteiger partial charge on any atom is -0.497 e. The third-order valence-electron chi connectivity index (χ3n) is 3.94. The number of H-pyrrole nitrogens is 1. The van der Waals surface area contributed by atoms with Crippen molar-refractivity contribution in [2.24, 2.45) is 5.73 Å². The second-order valence-corrected chi connectivity index (χ2v) is 5.62. The molecule has 1 aromatic carbocycles. The fourth-order valence-electron chi connectivity index (χ4n) is 2.56. The van der Waals surface area contributed by atoms with Crippen molar-refractivity contribution in [1.82, 2.24) is 15.3 Å². The summed E-state index contributed by atoms with van der Waals surface area (Å²) < 4.78 is 5.18. The lowest BCUT2D eigenvalue weighted by Gasteiger charge is -2.06. The van der Waals surface area contributed by atoms with Crippen molar-refractivity contribution in [1.29, 1.82) is 5.41 Å². The molecule has 0 unspecified atom stereocenters. The number of pyridine rings is 1. The summed E-state index contributed by atoms with van der Waals surface area (Å²) >= 11 is 0. The molecule has 0 saturated heterocycles. The van der Waals surface area contributed by atoms with E-state index < -0.39 is 0 Å². The average Bonchev–Trinajstić information content (AvgIpc) is 3.11. The zero-order chi connectivity index (χ0) is 18.5. The maximum atomic E-state index is 12.4. The number of nitrogens with two attached hydrogens (primary N) is 1. The van der Waals surface area contributed by atoms with Gasteiger partial charge < -0.3 is 26.2 Å². The van der Waals surface area contributed by atoms with Gasteiger partial charge in [0.15, 0.2) is 0 Å². The van der Waals surface area contributed by atoms with Gasteiger partial charge in [-0.15, -0.1) is 0 Å². The highest BCUT2D eigenvalue weighted by molar-refractivity contribution is 6.08. The Morgan fingerprint density at radius 3 is 2.92 bits per heavy atom. The zero-order valence-electron chi connectivity index (χ0n) is 14.2. The monoisotopic (exact) mass is 349 g/mol. The van der Waals surface area contributed by atoms with E-state index in [1.807, 2.05) is 30.3 Å². The average molecular weight is 349 g/mol. The number of carbonyl (C=O) groups is 1. The van der Waals surface area contributed by atoms with Crippen LogP contribution in [0.1, 0.15) is 21.7 Å². The van der Waals surface area contributed by atoms with E-state index in [4.69, 9.17) is 15.9 Å². The fraction of sp³-hybridized carbons (Fsp3) is 0.105. The van der Waals surface area contributed by atoms with Crippen LogP contribution in [0, 0.1) is 5.41 Å². The van der Waals surface area contributed by atoms with Crippen molar-refractivity contribution < 1.29 is 9.53 Å². The molecule has 132 valence electrons. The molecule has 0 saturated carbocycles. The number of rotatable bonds is 6. The Hall–Kier alpha value is -3.61. The first-order chi connectivity index (χ1) is 12.6. The number of benzene rings is 1. The highest BCUT2D eigenvalue weighted by atomic mass is 16.5. The molecule has 26 heavy (non-hydrogen) atoms. The highest BCUT2D eigenvalue weighted by Gasteiger charge is 2.11. The van der Waals surface area contributed by atoms with Gasteiger partial charge in [0, 0.05) is 29.9 Å². The Bertz CT molecular complexity index is 991. The van der Waals surface area contributed by atoms with E-state index in [9.17, 15) is 4.79 Å². The fourth-order valence-corrected chi connectivity index (χ4v) is 2.56. The van der Waals surface area contributed by atoms with E-state index in [0.29, 0.717) is 29.2 Å². The van der Waals surface area contributed by atoms with Crippen molar-refractivity contribution >= 4 is 28.7 Å². The Morgan fingerprint density at radius 1 is 1.35 bits per heavy atom. The van der Waals surface area contributed by atoms with Crippen molar-refractivity contribution in [3.63, 3.8) is 0 Å². The maximum Gasteiger partial charge on any atom is 0.268 e. The van der Waals surface area contributed by atoms with Gasteiger partial charge in [0.25, 0.3) is 5.91 Å². The van der Waals surface area contributed by atoms with Crippen molar-refractivity contribution in [2.45, 2.75) is 6.54 Å². The lowest BCUT2D eigenvalue weighted by Crippen LogP contribution is -2.23. The predicted octanol–water partition coefficient (Wildman–Crippen LogP) is 2.45. The second kappa shape index (κ2) is 7.52. The lowest BCUT2D eigenvalue weighted by atomic mass is 10.2. The number of nitrogens with zero attached hydrogens (tertiary/aromatic N) is 1. The minimum absolute atomic E-state index is 0.228. The number of fused-ring (bicyclic) bond motifs is 1. The largest absolute Gasteiger partial charge is 0.497 e. The molecule has 0 atom stereocenters. The van der Waals surface area contributed by atoms with E-state index in [-0.39, 0.29) is 5.91 Å². The van der Waals surface area contributed by atoms with Crippen LogP contribution in [0.15, 0.2) is 48.7 Å².